The van der Waals surface area contributed by atoms with Gasteiger partial charge in [-0.05, 0) is 55.2 Å². The van der Waals surface area contributed by atoms with Crippen molar-refractivity contribution in [3.05, 3.63) is 76.1 Å². The Morgan fingerprint density at radius 2 is 1.81 bits per heavy atom. The van der Waals surface area contributed by atoms with Crippen LogP contribution in [0.2, 0.25) is 5.02 Å². The molecule has 0 spiro atoms. The molecule has 3 aromatic rings. The Hall–Kier alpha value is -2.31. The summed E-state index contributed by atoms with van der Waals surface area (Å²) in [4.78, 5) is 0.214. The van der Waals surface area contributed by atoms with Gasteiger partial charge in [-0.1, -0.05) is 35.9 Å². The fraction of sp³-hybridized carbons (Fsp3) is 0.211. The topological polar surface area (TPSA) is 64.0 Å². The largest absolute Gasteiger partial charge is 0.276 e. The molecule has 0 fully saturated rings. The molecule has 0 aliphatic carbocycles. The van der Waals surface area contributed by atoms with Gasteiger partial charge in [0.15, 0.2) is 0 Å². The molecule has 0 aliphatic rings. The van der Waals surface area contributed by atoms with Crippen LogP contribution < -0.4 is 4.72 Å². The third kappa shape index (κ3) is 3.92. The molecule has 3 rings (SSSR count). The van der Waals surface area contributed by atoms with Gasteiger partial charge in [-0.2, -0.15) is 5.10 Å². The molecule has 0 radical (unpaired) electrons. The lowest BCUT2D eigenvalue weighted by molar-refractivity contribution is 0.600. The van der Waals surface area contributed by atoms with Gasteiger partial charge in [0.2, 0.25) is 0 Å². The molecule has 0 unspecified atom stereocenters. The van der Waals surface area contributed by atoms with Crippen LogP contribution in [-0.2, 0) is 16.6 Å². The van der Waals surface area contributed by atoms with E-state index < -0.39 is 10.0 Å². The van der Waals surface area contributed by atoms with Crippen LogP contribution in [0.4, 0.5) is 5.69 Å². The Kier molecular flexibility index (Phi) is 5.07. The number of rotatable bonds is 5. The monoisotopic (exact) mass is 389 g/mol. The molecule has 0 atom stereocenters. The zero-order valence-corrected chi connectivity index (χ0v) is 16.4. The van der Waals surface area contributed by atoms with Gasteiger partial charge in [-0.25, -0.2) is 8.42 Å². The van der Waals surface area contributed by atoms with Crippen LogP contribution in [0.1, 0.15) is 22.3 Å². The summed E-state index contributed by atoms with van der Waals surface area (Å²) in [5.74, 6) is 0. The molecule has 1 aromatic heterocycles. The smallest absolute Gasteiger partial charge is 0.262 e. The van der Waals surface area contributed by atoms with Crippen LogP contribution in [0, 0.1) is 20.8 Å². The minimum Gasteiger partial charge on any atom is -0.276 e. The van der Waals surface area contributed by atoms with Crippen molar-refractivity contribution in [2.24, 2.45) is 0 Å². The van der Waals surface area contributed by atoms with Gasteiger partial charge in [0.1, 0.15) is 0 Å². The predicted octanol–water partition coefficient (Wildman–Crippen LogP) is 4.31. The number of nitrogens with one attached hydrogen (secondary N) is 1. The fourth-order valence-corrected chi connectivity index (χ4v) is 4.28. The number of sulfonamides is 1. The number of hydrogen-bond donors (Lipinski definition) is 1. The van der Waals surface area contributed by atoms with Crippen LogP contribution in [0.25, 0.3) is 0 Å². The van der Waals surface area contributed by atoms with Crippen LogP contribution in [0.3, 0.4) is 0 Å². The minimum atomic E-state index is -3.71. The molecular formula is C19H20ClN3O2S. The van der Waals surface area contributed by atoms with Crippen LogP contribution in [0.5, 0.6) is 0 Å². The molecule has 136 valence electrons. The minimum absolute atomic E-state index is 0.214. The second-order valence-electron chi connectivity index (χ2n) is 6.33. The van der Waals surface area contributed by atoms with Gasteiger partial charge >= 0.3 is 0 Å². The Morgan fingerprint density at radius 1 is 1.08 bits per heavy atom. The molecule has 5 nitrogen and oxygen atoms in total. The first-order valence-corrected chi connectivity index (χ1v) is 9.99. The molecule has 1 heterocycles. The number of aryl methyl sites for hydroxylation is 3. The highest BCUT2D eigenvalue weighted by Gasteiger charge is 2.19. The second kappa shape index (κ2) is 7.13. The Morgan fingerprint density at radius 3 is 2.54 bits per heavy atom. The second-order valence-corrected chi connectivity index (χ2v) is 8.38. The zero-order chi connectivity index (χ0) is 18.9. The van der Waals surface area contributed by atoms with Crippen molar-refractivity contribution < 1.29 is 8.42 Å². The zero-order valence-electron chi connectivity index (χ0n) is 14.8. The highest BCUT2D eigenvalue weighted by atomic mass is 35.5. The Balaban J connectivity index is 1.82. The van der Waals surface area contributed by atoms with Crippen molar-refractivity contribution in [1.29, 1.82) is 0 Å². The molecule has 0 bridgehead atoms. The summed E-state index contributed by atoms with van der Waals surface area (Å²) in [6, 6.07) is 11.3. The summed E-state index contributed by atoms with van der Waals surface area (Å²) in [5.41, 5.74) is 4.03. The predicted molar refractivity (Wildman–Crippen MR) is 104 cm³/mol. The molecule has 2 aromatic carbocycles. The first-order valence-electron chi connectivity index (χ1n) is 8.13. The summed E-state index contributed by atoms with van der Waals surface area (Å²) >= 11 is 6.06. The summed E-state index contributed by atoms with van der Waals surface area (Å²) in [5, 5.41) is 4.80. The first-order chi connectivity index (χ1) is 12.3. The SMILES string of the molecule is Cc1cc(S(=O)(=O)Nc2cnn(Cc3ccccc3C)c2)c(C)cc1Cl. The maximum atomic E-state index is 12.7. The highest BCUT2D eigenvalue weighted by Crippen LogP contribution is 2.25. The van der Waals surface area contributed by atoms with Gasteiger partial charge < -0.3 is 0 Å². The maximum Gasteiger partial charge on any atom is 0.262 e. The normalized spacial score (nSPS) is 11.5. The summed E-state index contributed by atoms with van der Waals surface area (Å²) < 4.78 is 29.7. The number of nitrogens with zero attached hydrogens (tertiary/aromatic N) is 2. The number of halogens is 1. The van der Waals surface area contributed by atoms with Crippen molar-refractivity contribution in [1.82, 2.24) is 9.78 Å². The molecule has 26 heavy (non-hydrogen) atoms. The van der Waals surface area contributed by atoms with E-state index in [1.807, 2.05) is 31.2 Å². The quantitative estimate of drug-likeness (QED) is 0.707. The highest BCUT2D eigenvalue weighted by molar-refractivity contribution is 7.92. The van der Waals surface area contributed by atoms with Crippen LogP contribution in [0.15, 0.2) is 53.7 Å². The average molecular weight is 390 g/mol. The van der Waals surface area contributed by atoms with E-state index in [9.17, 15) is 8.42 Å². The van der Waals surface area contributed by atoms with Crippen LogP contribution in [-0.4, -0.2) is 18.2 Å². The summed E-state index contributed by atoms with van der Waals surface area (Å²) in [6.07, 6.45) is 3.19. The molecule has 1 N–H and O–H groups in total. The molecule has 0 saturated heterocycles. The summed E-state index contributed by atoms with van der Waals surface area (Å²) in [6.45, 7) is 6.12. The van der Waals surface area contributed by atoms with Gasteiger partial charge in [0.05, 0.1) is 23.3 Å². The molecule has 0 aliphatic heterocycles. The van der Waals surface area contributed by atoms with Gasteiger partial charge in [0, 0.05) is 11.2 Å². The summed E-state index contributed by atoms with van der Waals surface area (Å²) in [7, 11) is -3.71. The van der Waals surface area contributed by atoms with E-state index in [1.165, 1.54) is 6.20 Å². The Bertz CT molecular complexity index is 1060. The Labute approximate surface area is 158 Å². The third-order valence-corrected chi connectivity index (χ3v) is 6.16. The van der Waals surface area contributed by atoms with Gasteiger partial charge in [0.25, 0.3) is 10.0 Å². The van der Waals surface area contributed by atoms with Crippen molar-refractivity contribution in [2.75, 3.05) is 4.72 Å². The van der Waals surface area contributed by atoms with E-state index in [0.717, 1.165) is 11.1 Å². The first kappa shape index (κ1) is 18.5. The molecule has 7 heteroatoms. The van der Waals surface area contributed by atoms with Gasteiger partial charge in [-0.3, -0.25) is 9.40 Å². The lowest BCUT2D eigenvalue weighted by atomic mass is 10.1. The fourth-order valence-electron chi connectivity index (χ4n) is 2.72. The molecular weight excluding hydrogens is 370 g/mol. The van der Waals surface area contributed by atoms with Crippen LogP contribution >= 0.6 is 11.6 Å². The third-order valence-electron chi connectivity index (χ3n) is 4.22. The van der Waals surface area contributed by atoms with E-state index in [2.05, 4.69) is 9.82 Å². The van der Waals surface area contributed by atoms with E-state index >= 15 is 0 Å². The van der Waals surface area contributed by atoms with E-state index in [4.69, 9.17) is 11.6 Å². The van der Waals surface area contributed by atoms with Gasteiger partial charge in [-0.15, -0.1) is 0 Å². The van der Waals surface area contributed by atoms with Crippen molar-refractivity contribution in [3.8, 4) is 0 Å². The van der Waals surface area contributed by atoms with E-state index in [-0.39, 0.29) is 4.90 Å². The number of hydrogen-bond acceptors (Lipinski definition) is 3. The molecule has 0 amide bonds. The lowest BCUT2D eigenvalue weighted by Crippen LogP contribution is -2.14. The lowest BCUT2D eigenvalue weighted by Gasteiger charge is -2.11. The molecule has 0 saturated carbocycles. The van der Waals surface area contributed by atoms with Crippen molar-refractivity contribution >= 4 is 27.3 Å². The number of anilines is 1. The standard InChI is InChI=1S/C19H20ClN3O2S/c1-13-6-4-5-7-16(13)11-23-12-17(10-21-23)22-26(24,25)19-9-14(2)18(20)8-15(19)3/h4-10,12,22H,11H2,1-3H3. The maximum absolute atomic E-state index is 12.7. The van der Waals surface area contributed by atoms with E-state index in [0.29, 0.717) is 28.4 Å². The number of aromatic nitrogens is 2. The van der Waals surface area contributed by atoms with Crippen molar-refractivity contribution in [2.45, 2.75) is 32.2 Å². The van der Waals surface area contributed by atoms with E-state index in [1.54, 1.807) is 36.9 Å². The average Bonchev–Trinajstić information content (AvgIpc) is 2.99. The number of benzene rings is 2. The van der Waals surface area contributed by atoms with Crippen molar-refractivity contribution in [3.63, 3.8) is 0 Å².